The van der Waals surface area contributed by atoms with Crippen molar-refractivity contribution in [3.8, 4) is 0 Å². The molecule has 0 fully saturated rings. The van der Waals surface area contributed by atoms with Gasteiger partial charge in [-0.2, -0.15) is 11.8 Å². The Morgan fingerprint density at radius 1 is 1.47 bits per heavy atom. The van der Waals surface area contributed by atoms with Crippen LogP contribution in [-0.4, -0.2) is 11.5 Å². The first kappa shape index (κ1) is 12.5. The van der Waals surface area contributed by atoms with Gasteiger partial charge in [-0.1, -0.05) is 13.0 Å². The van der Waals surface area contributed by atoms with Gasteiger partial charge in [0.2, 0.25) is 0 Å². The van der Waals surface area contributed by atoms with E-state index in [1.807, 2.05) is 18.7 Å². The molecular weight excluding hydrogens is 209 g/mol. The predicted molar refractivity (Wildman–Crippen MR) is 65.7 cm³/mol. The zero-order valence-electron chi connectivity index (χ0n) is 9.29. The van der Waals surface area contributed by atoms with Gasteiger partial charge >= 0.3 is 0 Å². The second-order valence-electron chi connectivity index (χ2n) is 3.68. The highest BCUT2D eigenvalue weighted by atomic mass is 32.2. The highest BCUT2D eigenvalue weighted by Gasteiger charge is 2.09. The SMILES string of the molecule is CCCSCC(N)c1cc(F)ccc1C. The van der Waals surface area contributed by atoms with E-state index in [0.29, 0.717) is 0 Å². The number of nitrogens with two attached hydrogens (primary N) is 1. The van der Waals surface area contributed by atoms with Crippen molar-refractivity contribution < 1.29 is 4.39 Å². The van der Waals surface area contributed by atoms with Crippen LogP contribution in [0.5, 0.6) is 0 Å². The molecule has 0 aromatic heterocycles. The molecule has 0 spiro atoms. The lowest BCUT2D eigenvalue weighted by molar-refractivity contribution is 0.621. The van der Waals surface area contributed by atoms with E-state index < -0.39 is 0 Å². The van der Waals surface area contributed by atoms with Gasteiger partial charge in [-0.15, -0.1) is 0 Å². The molecule has 84 valence electrons. The normalized spacial score (nSPS) is 12.8. The first-order valence-electron chi connectivity index (χ1n) is 5.24. The molecule has 0 heterocycles. The number of thioether (sulfide) groups is 1. The van der Waals surface area contributed by atoms with Crippen molar-refractivity contribution in [1.29, 1.82) is 0 Å². The maximum Gasteiger partial charge on any atom is 0.123 e. The standard InChI is InChI=1S/C12H18FNS/c1-3-6-15-8-12(14)11-7-10(13)5-4-9(11)2/h4-5,7,12H,3,6,8,14H2,1-2H3. The third kappa shape index (κ3) is 3.84. The lowest BCUT2D eigenvalue weighted by Gasteiger charge is -2.14. The molecule has 0 bridgehead atoms. The second kappa shape index (κ2) is 6.13. The summed E-state index contributed by atoms with van der Waals surface area (Å²) < 4.78 is 13.0. The number of hydrogen-bond acceptors (Lipinski definition) is 2. The lowest BCUT2D eigenvalue weighted by atomic mass is 10.0. The molecule has 1 aromatic rings. The van der Waals surface area contributed by atoms with Crippen molar-refractivity contribution in [2.24, 2.45) is 5.73 Å². The topological polar surface area (TPSA) is 26.0 Å². The Labute approximate surface area is 95.2 Å². The third-order valence-electron chi connectivity index (χ3n) is 2.29. The molecule has 0 aliphatic rings. The summed E-state index contributed by atoms with van der Waals surface area (Å²) in [6, 6.07) is 4.75. The Morgan fingerprint density at radius 2 is 2.20 bits per heavy atom. The fourth-order valence-electron chi connectivity index (χ4n) is 1.46. The van der Waals surface area contributed by atoms with E-state index in [9.17, 15) is 4.39 Å². The number of halogens is 1. The van der Waals surface area contributed by atoms with Crippen molar-refractivity contribution in [2.75, 3.05) is 11.5 Å². The fraction of sp³-hybridized carbons (Fsp3) is 0.500. The summed E-state index contributed by atoms with van der Waals surface area (Å²) in [7, 11) is 0. The monoisotopic (exact) mass is 227 g/mol. The van der Waals surface area contributed by atoms with Crippen LogP contribution in [0.15, 0.2) is 18.2 Å². The molecule has 0 aliphatic heterocycles. The Morgan fingerprint density at radius 3 is 2.87 bits per heavy atom. The third-order valence-corrected chi connectivity index (χ3v) is 3.58. The molecule has 1 atom stereocenters. The lowest BCUT2D eigenvalue weighted by Crippen LogP contribution is -2.15. The van der Waals surface area contributed by atoms with Gasteiger partial charge in [-0.25, -0.2) is 4.39 Å². The van der Waals surface area contributed by atoms with E-state index in [1.165, 1.54) is 6.07 Å². The molecule has 0 radical (unpaired) electrons. The quantitative estimate of drug-likeness (QED) is 0.781. The molecule has 1 rings (SSSR count). The van der Waals surface area contributed by atoms with Crippen LogP contribution in [0, 0.1) is 12.7 Å². The van der Waals surface area contributed by atoms with E-state index in [-0.39, 0.29) is 11.9 Å². The average Bonchev–Trinajstić information content (AvgIpc) is 2.22. The van der Waals surface area contributed by atoms with Crippen molar-refractivity contribution >= 4 is 11.8 Å². The zero-order valence-corrected chi connectivity index (χ0v) is 10.1. The highest BCUT2D eigenvalue weighted by molar-refractivity contribution is 7.99. The molecule has 15 heavy (non-hydrogen) atoms. The van der Waals surface area contributed by atoms with Gasteiger partial charge in [0, 0.05) is 11.8 Å². The fourth-order valence-corrected chi connectivity index (χ4v) is 2.34. The molecule has 0 amide bonds. The molecule has 1 unspecified atom stereocenters. The Hall–Kier alpha value is -0.540. The van der Waals surface area contributed by atoms with Gasteiger partial charge in [0.05, 0.1) is 0 Å². The van der Waals surface area contributed by atoms with Crippen molar-refractivity contribution in [2.45, 2.75) is 26.3 Å². The van der Waals surface area contributed by atoms with E-state index in [4.69, 9.17) is 5.73 Å². The average molecular weight is 227 g/mol. The number of rotatable bonds is 5. The smallest absolute Gasteiger partial charge is 0.123 e. The minimum absolute atomic E-state index is 0.0581. The van der Waals surface area contributed by atoms with Crippen molar-refractivity contribution in [3.05, 3.63) is 35.1 Å². The van der Waals surface area contributed by atoms with E-state index in [2.05, 4.69) is 6.92 Å². The summed E-state index contributed by atoms with van der Waals surface area (Å²) in [6.07, 6.45) is 1.15. The molecular formula is C12H18FNS. The van der Waals surface area contributed by atoms with E-state index >= 15 is 0 Å². The van der Waals surface area contributed by atoms with Gasteiger partial charge < -0.3 is 5.73 Å². The molecule has 1 aromatic carbocycles. The maximum atomic E-state index is 13.0. The van der Waals surface area contributed by atoms with Crippen LogP contribution in [0.25, 0.3) is 0 Å². The van der Waals surface area contributed by atoms with Crippen LogP contribution in [0.3, 0.4) is 0 Å². The van der Waals surface area contributed by atoms with Crippen molar-refractivity contribution in [3.63, 3.8) is 0 Å². The predicted octanol–water partition coefficient (Wildman–Crippen LogP) is 3.28. The number of aryl methyl sites for hydroxylation is 1. The van der Waals surface area contributed by atoms with Gasteiger partial charge in [0.1, 0.15) is 5.82 Å². The van der Waals surface area contributed by atoms with E-state index in [0.717, 1.165) is 29.1 Å². The van der Waals surface area contributed by atoms with Crippen LogP contribution in [0.2, 0.25) is 0 Å². The largest absolute Gasteiger partial charge is 0.323 e. The molecule has 0 saturated carbocycles. The molecule has 0 aliphatic carbocycles. The van der Waals surface area contributed by atoms with Crippen LogP contribution in [0.1, 0.15) is 30.5 Å². The van der Waals surface area contributed by atoms with Crippen LogP contribution >= 0.6 is 11.8 Å². The number of hydrogen-bond donors (Lipinski definition) is 1. The summed E-state index contributed by atoms with van der Waals surface area (Å²) in [6.45, 7) is 4.12. The first-order chi connectivity index (χ1) is 7.15. The molecule has 1 nitrogen and oxygen atoms in total. The van der Waals surface area contributed by atoms with Crippen LogP contribution < -0.4 is 5.73 Å². The minimum atomic E-state index is -0.202. The van der Waals surface area contributed by atoms with Gasteiger partial charge in [0.15, 0.2) is 0 Å². The summed E-state index contributed by atoms with van der Waals surface area (Å²) in [4.78, 5) is 0. The Bertz CT molecular complexity index is 314. The summed E-state index contributed by atoms with van der Waals surface area (Å²) >= 11 is 1.82. The van der Waals surface area contributed by atoms with Gasteiger partial charge in [-0.3, -0.25) is 0 Å². The summed E-state index contributed by atoms with van der Waals surface area (Å²) in [5.41, 5.74) is 8.02. The molecule has 3 heteroatoms. The summed E-state index contributed by atoms with van der Waals surface area (Å²) in [5.74, 6) is 1.77. The van der Waals surface area contributed by atoms with E-state index in [1.54, 1.807) is 12.1 Å². The highest BCUT2D eigenvalue weighted by Crippen LogP contribution is 2.20. The molecule has 0 saturated heterocycles. The number of benzene rings is 1. The zero-order chi connectivity index (χ0) is 11.3. The second-order valence-corrected chi connectivity index (χ2v) is 4.83. The van der Waals surface area contributed by atoms with Crippen molar-refractivity contribution in [1.82, 2.24) is 0 Å². The van der Waals surface area contributed by atoms with Crippen LogP contribution in [-0.2, 0) is 0 Å². The maximum absolute atomic E-state index is 13.0. The van der Waals surface area contributed by atoms with Gasteiger partial charge in [0.25, 0.3) is 0 Å². The first-order valence-corrected chi connectivity index (χ1v) is 6.40. The molecule has 2 N–H and O–H groups in total. The minimum Gasteiger partial charge on any atom is -0.323 e. The van der Waals surface area contributed by atoms with Gasteiger partial charge in [-0.05, 0) is 42.4 Å². The Balaban J connectivity index is 2.64. The van der Waals surface area contributed by atoms with Crippen LogP contribution in [0.4, 0.5) is 4.39 Å². The Kier molecular flexibility index (Phi) is 5.12. The summed E-state index contributed by atoms with van der Waals surface area (Å²) in [5, 5.41) is 0.